The number of benzene rings is 1. The molecule has 1 aliphatic rings. The predicted molar refractivity (Wildman–Crippen MR) is 78.7 cm³/mol. The maximum absolute atomic E-state index is 13.8. The van der Waals surface area contributed by atoms with Crippen LogP contribution >= 0.6 is 0 Å². The van der Waals surface area contributed by atoms with Gasteiger partial charge in [-0.3, -0.25) is 0 Å². The van der Waals surface area contributed by atoms with Crippen LogP contribution in [0.4, 0.5) is 4.39 Å². The summed E-state index contributed by atoms with van der Waals surface area (Å²) in [6, 6.07) is 7.59. The van der Waals surface area contributed by atoms with Gasteiger partial charge in [0.15, 0.2) is 0 Å². The van der Waals surface area contributed by atoms with E-state index in [2.05, 4.69) is 12.2 Å². The van der Waals surface area contributed by atoms with Crippen LogP contribution in [0.3, 0.4) is 0 Å². The monoisotopic (exact) mass is 263 g/mol. The van der Waals surface area contributed by atoms with Crippen molar-refractivity contribution in [2.24, 2.45) is 11.8 Å². The second-order valence-electron chi connectivity index (χ2n) is 5.81. The number of rotatable bonds is 5. The summed E-state index contributed by atoms with van der Waals surface area (Å²) in [7, 11) is 2.02. The third-order valence-electron chi connectivity index (χ3n) is 4.78. The van der Waals surface area contributed by atoms with E-state index in [-0.39, 0.29) is 5.82 Å². The first-order valence-electron chi connectivity index (χ1n) is 7.67. The quantitative estimate of drug-likeness (QED) is 0.840. The summed E-state index contributed by atoms with van der Waals surface area (Å²) < 4.78 is 13.8. The molecule has 0 bridgehead atoms. The molecule has 0 heterocycles. The summed E-state index contributed by atoms with van der Waals surface area (Å²) in [4.78, 5) is 0. The van der Waals surface area contributed by atoms with Gasteiger partial charge in [-0.25, -0.2) is 4.39 Å². The van der Waals surface area contributed by atoms with Crippen LogP contribution in [0.15, 0.2) is 24.3 Å². The Morgan fingerprint density at radius 1 is 1.26 bits per heavy atom. The molecule has 0 aromatic heterocycles. The maximum Gasteiger partial charge on any atom is 0.126 e. The van der Waals surface area contributed by atoms with Gasteiger partial charge in [0.05, 0.1) is 0 Å². The smallest absolute Gasteiger partial charge is 0.126 e. The number of hydrogen-bond acceptors (Lipinski definition) is 1. The van der Waals surface area contributed by atoms with Crippen LogP contribution in [0.5, 0.6) is 0 Å². The van der Waals surface area contributed by atoms with Gasteiger partial charge in [-0.05, 0) is 43.4 Å². The van der Waals surface area contributed by atoms with Gasteiger partial charge >= 0.3 is 0 Å². The molecule has 0 amide bonds. The van der Waals surface area contributed by atoms with E-state index in [9.17, 15) is 4.39 Å². The third kappa shape index (κ3) is 3.56. The van der Waals surface area contributed by atoms with Gasteiger partial charge in [0, 0.05) is 6.04 Å². The third-order valence-corrected chi connectivity index (χ3v) is 4.78. The minimum Gasteiger partial charge on any atom is -0.316 e. The van der Waals surface area contributed by atoms with Gasteiger partial charge < -0.3 is 5.32 Å². The van der Waals surface area contributed by atoms with Gasteiger partial charge in [0.2, 0.25) is 0 Å². The molecule has 3 unspecified atom stereocenters. The molecule has 1 saturated carbocycles. The van der Waals surface area contributed by atoms with Crippen LogP contribution < -0.4 is 5.32 Å². The molecule has 2 heteroatoms. The van der Waals surface area contributed by atoms with Crippen molar-refractivity contribution in [2.75, 3.05) is 7.05 Å². The lowest BCUT2D eigenvalue weighted by atomic mass is 9.72. The zero-order valence-electron chi connectivity index (χ0n) is 12.2. The lowest BCUT2D eigenvalue weighted by Crippen LogP contribution is -2.41. The Morgan fingerprint density at radius 3 is 2.68 bits per heavy atom. The largest absolute Gasteiger partial charge is 0.316 e. The summed E-state index contributed by atoms with van der Waals surface area (Å²) in [6.07, 6.45) is 7.39. The molecule has 3 atom stereocenters. The molecule has 2 rings (SSSR count). The average molecular weight is 263 g/mol. The molecule has 106 valence electrons. The van der Waals surface area contributed by atoms with Gasteiger partial charge in [-0.15, -0.1) is 0 Å². The van der Waals surface area contributed by atoms with Crippen LogP contribution in [0.25, 0.3) is 0 Å². The summed E-state index contributed by atoms with van der Waals surface area (Å²) in [5.41, 5.74) is 0.849. The Bertz CT molecular complexity index is 391. The number of halogens is 1. The molecule has 1 aromatic carbocycles. The van der Waals surface area contributed by atoms with Crippen LogP contribution in [0.2, 0.25) is 0 Å². The normalized spacial score (nSPS) is 25.2. The second kappa shape index (κ2) is 7.04. The van der Waals surface area contributed by atoms with Gasteiger partial charge in [0.25, 0.3) is 0 Å². The Labute approximate surface area is 116 Å². The lowest BCUT2D eigenvalue weighted by Gasteiger charge is -2.37. The summed E-state index contributed by atoms with van der Waals surface area (Å²) in [6.45, 7) is 2.29. The highest BCUT2D eigenvalue weighted by Crippen LogP contribution is 2.35. The van der Waals surface area contributed by atoms with Crippen molar-refractivity contribution in [1.29, 1.82) is 0 Å². The van der Waals surface area contributed by atoms with Crippen molar-refractivity contribution >= 4 is 0 Å². The molecule has 1 fully saturated rings. The highest BCUT2D eigenvalue weighted by molar-refractivity contribution is 5.18. The van der Waals surface area contributed by atoms with E-state index in [1.807, 2.05) is 19.2 Å². The van der Waals surface area contributed by atoms with E-state index >= 15 is 0 Å². The van der Waals surface area contributed by atoms with Crippen LogP contribution in [0.1, 0.15) is 44.6 Å². The van der Waals surface area contributed by atoms with Crippen molar-refractivity contribution in [1.82, 2.24) is 5.32 Å². The van der Waals surface area contributed by atoms with Crippen LogP contribution in [-0.2, 0) is 6.42 Å². The summed E-state index contributed by atoms with van der Waals surface area (Å²) in [5, 5.41) is 3.45. The van der Waals surface area contributed by atoms with Gasteiger partial charge in [-0.2, -0.15) is 0 Å². The van der Waals surface area contributed by atoms with E-state index in [4.69, 9.17) is 0 Å². The Balaban J connectivity index is 2.08. The molecule has 0 aliphatic heterocycles. The van der Waals surface area contributed by atoms with E-state index < -0.39 is 0 Å². The van der Waals surface area contributed by atoms with Crippen LogP contribution in [0, 0.1) is 17.7 Å². The fraction of sp³-hybridized carbons (Fsp3) is 0.647. The Hall–Kier alpha value is -0.890. The molecule has 0 spiro atoms. The van der Waals surface area contributed by atoms with Crippen molar-refractivity contribution < 1.29 is 4.39 Å². The van der Waals surface area contributed by atoms with E-state index in [1.165, 1.54) is 32.1 Å². The van der Waals surface area contributed by atoms with Gasteiger partial charge in [-0.1, -0.05) is 50.8 Å². The molecule has 0 radical (unpaired) electrons. The first-order valence-corrected chi connectivity index (χ1v) is 7.67. The summed E-state index contributed by atoms with van der Waals surface area (Å²) >= 11 is 0. The standard InChI is InChI=1S/C17H26FN/c1-3-13-8-4-6-10-15(13)17(19-2)12-14-9-5-7-11-16(14)18/h5,7,9,11,13,15,17,19H,3-4,6,8,10,12H2,1-2H3. The highest BCUT2D eigenvalue weighted by Gasteiger charge is 2.30. The minimum atomic E-state index is -0.0633. The SMILES string of the molecule is CCC1CCCCC1C(Cc1ccccc1F)NC. The van der Waals surface area contributed by atoms with E-state index in [0.29, 0.717) is 12.0 Å². The van der Waals surface area contributed by atoms with E-state index in [1.54, 1.807) is 12.1 Å². The zero-order valence-corrected chi connectivity index (χ0v) is 12.2. The maximum atomic E-state index is 13.8. The fourth-order valence-electron chi connectivity index (χ4n) is 3.64. The molecule has 1 N–H and O–H groups in total. The minimum absolute atomic E-state index is 0.0633. The molecular weight excluding hydrogens is 237 g/mol. The number of likely N-dealkylation sites (N-methyl/N-ethyl adjacent to an activating group) is 1. The molecule has 19 heavy (non-hydrogen) atoms. The van der Waals surface area contributed by atoms with E-state index in [0.717, 1.165) is 17.9 Å². The molecule has 1 aromatic rings. The van der Waals surface area contributed by atoms with Crippen molar-refractivity contribution in [3.63, 3.8) is 0 Å². The predicted octanol–water partition coefficient (Wildman–Crippen LogP) is 4.17. The average Bonchev–Trinajstić information content (AvgIpc) is 2.46. The zero-order chi connectivity index (χ0) is 13.7. The molecule has 1 aliphatic carbocycles. The number of hydrogen-bond donors (Lipinski definition) is 1. The molecular formula is C17H26FN. The topological polar surface area (TPSA) is 12.0 Å². The Morgan fingerprint density at radius 2 is 2.00 bits per heavy atom. The van der Waals surface area contributed by atoms with Crippen molar-refractivity contribution in [3.8, 4) is 0 Å². The molecule has 1 nitrogen and oxygen atoms in total. The second-order valence-corrected chi connectivity index (χ2v) is 5.81. The fourth-order valence-corrected chi connectivity index (χ4v) is 3.64. The van der Waals surface area contributed by atoms with Crippen molar-refractivity contribution in [2.45, 2.75) is 51.5 Å². The Kier molecular flexibility index (Phi) is 5.38. The first kappa shape index (κ1) is 14.5. The molecule has 0 saturated heterocycles. The van der Waals surface area contributed by atoms with Gasteiger partial charge in [0.1, 0.15) is 5.82 Å². The van der Waals surface area contributed by atoms with Crippen LogP contribution in [-0.4, -0.2) is 13.1 Å². The highest BCUT2D eigenvalue weighted by atomic mass is 19.1. The number of nitrogens with one attached hydrogen (secondary N) is 1. The van der Waals surface area contributed by atoms with Crippen molar-refractivity contribution in [3.05, 3.63) is 35.6 Å². The first-order chi connectivity index (χ1) is 9.26. The summed E-state index contributed by atoms with van der Waals surface area (Å²) in [5.74, 6) is 1.44. The lowest BCUT2D eigenvalue weighted by molar-refractivity contribution is 0.178.